The van der Waals surface area contributed by atoms with Crippen LogP contribution >= 0.6 is 0 Å². The molecule has 1 unspecified atom stereocenters. The van der Waals surface area contributed by atoms with E-state index in [2.05, 4.69) is 20.6 Å². The predicted molar refractivity (Wildman–Crippen MR) is 83.5 cm³/mol. The van der Waals surface area contributed by atoms with Crippen LogP contribution in [0.2, 0.25) is 0 Å². The van der Waals surface area contributed by atoms with Gasteiger partial charge in [0.25, 0.3) is 5.91 Å². The van der Waals surface area contributed by atoms with Crippen molar-refractivity contribution in [3.63, 3.8) is 0 Å². The van der Waals surface area contributed by atoms with Gasteiger partial charge in [0.15, 0.2) is 5.65 Å². The Morgan fingerprint density at radius 3 is 2.68 bits per heavy atom. The molecule has 1 aliphatic rings. The monoisotopic (exact) mass is 293 g/mol. The molecule has 3 heterocycles. The van der Waals surface area contributed by atoms with E-state index in [1.807, 2.05) is 48.9 Å². The zero-order valence-corrected chi connectivity index (χ0v) is 12.3. The van der Waals surface area contributed by atoms with Gasteiger partial charge in [0.05, 0.1) is 5.56 Å². The molecule has 2 aromatic heterocycles. The maximum Gasteiger partial charge on any atom is 0.256 e. The van der Waals surface area contributed by atoms with Crippen LogP contribution in [0.4, 0.5) is 5.82 Å². The Bertz CT molecular complexity index is 884. The van der Waals surface area contributed by atoms with Crippen molar-refractivity contribution in [2.24, 2.45) is 7.05 Å². The van der Waals surface area contributed by atoms with E-state index in [0.717, 1.165) is 22.6 Å². The second-order valence-electron chi connectivity index (χ2n) is 5.41. The number of carbonyl (C=O) groups is 1. The van der Waals surface area contributed by atoms with Crippen LogP contribution in [0, 0.1) is 6.92 Å². The van der Waals surface area contributed by atoms with Gasteiger partial charge in [-0.1, -0.05) is 30.3 Å². The van der Waals surface area contributed by atoms with Gasteiger partial charge < -0.3 is 15.2 Å². The molecule has 0 saturated carbocycles. The van der Waals surface area contributed by atoms with Gasteiger partial charge in [0, 0.05) is 7.05 Å². The van der Waals surface area contributed by atoms with E-state index < -0.39 is 0 Å². The van der Waals surface area contributed by atoms with Crippen molar-refractivity contribution in [3.8, 4) is 0 Å². The fourth-order valence-corrected chi connectivity index (χ4v) is 2.70. The summed E-state index contributed by atoms with van der Waals surface area (Å²) in [6.07, 6.45) is -0.277. The Labute approximate surface area is 127 Å². The van der Waals surface area contributed by atoms with Crippen molar-refractivity contribution in [1.29, 1.82) is 0 Å². The van der Waals surface area contributed by atoms with Crippen LogP contribution in [0.1, 0.15) is 27.9 Å². The van der Waals surface area contributed by atoms with E-state index in [1.54, 1.807) is 6.07 Å². The highest BCUT2D eigenvalue weighted by molar-refractivity contribution is 6.03. The average Bonchev–Trinajstić information content (AvgIpc) is 2.81. The minimum absolute atomic E-state index is 0.139. The van der Waals surface area contributed by atoms with E-state index in [4.69, 9.17) is 0 Å². The molecule has 4 rings (SSSR count). The van der Waals surface area contributed by atoms with Gasteiger partial charge in [-0.05, 0) is 18.6 Å². The third-order valence-electron chi connectivity index (χ3n) is 4.00. The number of aryl methyl sites for hydroxylation is 2. The fraction of sp³-hybridized carbons (Fsp3) is 0.188. The molecule has 22 heavy (non-hydrogen) atoms. The van der Waals surface area contributed by atoms with Crippen LogP contribution in [-0.2, 0) is 7.05 Å². The number of carbonyl (C=O) groups excluding carboxylic acids is 1. The van der Waals surface area contributed by atoms with Gasteiger partial charge in [-0.15, -0.1) is 0 Å². The molecule has 0 spiro atoms. The molecular weight excluding hydrogens is 278 g/mol. The highest BCUT2D eigenvalue weighted by Crippen LogP contribution is 2.27. The molecular formula is C16H15N5O. The number of aromatic nitrogens is 3. The number of hydrogen-bond donors (Lipinski definition) is 2. The van der Waals surface area contributed by atoms with Crippen LogP contribution in [0.3, 0.4) is 0 Å². The molecule has 0 fully saturated rings. The second kappa shape index (κ2) is 4.56. The summed E-state index contributed by atoms with van der Waals surface area (Å²) < 4.78 is 1.92. The number of nitrogens with one attached hydrogen (secondary N) is 2. The molecule has 0 saturated heterocycles. The third-order valence-corrected chi connectivity index (χ3v) is 4.00. The second-order valence-corrected chi connectivity index (χ2v) is 5.41. The number of benzene rings is 1. The average molecular weight is 293 g/mol. The zero-order chi connectivity index (χ0) is 15.3. The molecule has 0 radical (unpaired) electrons. The summed E-state index contributed by atoms with van der Waals surface area (Å²) in [5.74, 6) is 1.32. The number of pyridine rings is 1. The molecule has 6 nitrogen and oxygen atoms in total. The summed E-state index contributed by atoms with van der Waals surface area (Å²) in [7, 11) is 1.92. The van der Waals surface area contributed by atoms with Crippen LogP contribution < -0.4 is 10.6 Å². The first-order chi connectivity index (χ1) is 10.6. The lowest BCUT2D eigenvalue weighted by Crippen LogP contribution is -2.38. The molecule has 110 valence electrons. The van der Waals surface area contributed by atoms with Crippen molar-refractivity contribution in [1.82, 2.24) is 19.9 Å². The van der Waals surface area contributed by atoms with Crippen LogP contribution in [-0.4, -0.2) is 20.4 Å². The number of anilines is 1. The maximum absolute atomic E-state index is 12.4. The third kappa shape index (κ3) is 1.84. The lowest BCUT2D eigenvalue weighted by Gasteiger charge is -2.27. The molecule has 3 aromatic rings. The summed E-state index contributed by atoms with van der Waals surface area (Å²) >= 11 is 0. The molecule has 2 N–H and O–H groups in total. The number of hydrogen-bond acceptors (Lipinski definition) is 4. The summed E-state index contributed by atoms with van der Waals surface area (Å²) in [6, 6.07) is 11.6. The predicted octanol–water partition coefficient (Wildman–Crippen LogP) is 2.13. The van der Waals surface area contributed by atoms with Gasteiger partial charge in [-0.2, -0.15) is 0 Å². The highest BCUT2D eigenvalue weighted by Gasteiger charge is 2.27. The highest BCUT2D eigenvalue weighted by atomic mass is 16.2. The Morgan fingerprint density at radius 2 is 1.91 bits per heavy atom. The van der Waals surface area contributed by atoms with Gasteiger partial charge in [0.2, 0.25) is 0 Å². The van der Waals surface area contributed by atoms with Gasteiger partial charge in [-0.3, -0.25) is 4.79 Å². The first-order valence-electron chi connectivity index (χ1n) is 7.10. The van der Waals surface area contributed by atoms with Gasteiger partial charge in [-0.25, -0.2) is 9.97 Å². The quantitative estimate of drug-likeness (QED) is 0.721. The van der Waals surface area contributed by atoms with Gasteiger partial charge in [0.1, 0.15) is 23.3 Å². The summed E-state index contributed by atoms with van der Waals surface area (Å²) in [5, 5.41) is 6.24. The summed E-state index contributed by atoms with van der Waals surface area (Å²) in [6.45, 7) is 1.92. The lowest BCUT2D eigenvalue weighted by molar-refractivity contribution is 0.0935. The van der Waals surface area contributed by atoms with Gasteiger partial charge >= 0.3 is 0 Å². The van der Waals surface area contributed by atoms with Crippen LogP contribution in [0.5, 0.6) is 0 Å². The molecule has 1 aliphatic heterocycles. The Balaban J connectivity index is 1.83. The molecule has 1 aromatic carbocycles. The minimum Gasteiger partial charge on any atom is -0.346 e. The van der Waals surface area contributed by atoms with Crippen molar-refractivity contribution >= 4 is 22.9 Å². The Kier molecular flexibility index (Phi) is 2.66. The lowest BCUT2D eigenvalue weighted by atomic mass is 10.1. The normalized spacial score (nSPS) is 17.0. The summed E-state index contributed by atoms with van der Waals surface area (Å²) in [5.41, 5.74) is 3.02. The Morgan fingerprint density at radius 1 is 1.14 bits per heavy atom. The molecule has 1 amide bonds. The van der Waals surface area contributed by atoms with E-state index >= 15 is 0 Å². The molecule has 0 bridgehead atoms. The number of fused-ring (bicyclic) bond motifs is 2. The SMILES string of the molecule is Cc1nc2cc3c(nc2n1C)NC(c1ccccc1)NC3=O. The number of nitrogens with zero attached hydrogens (tertiary/aromatic N) is 3. The molecule has 6 heteroatoms. The fourth-order valence-electron chi connectivity index (χ4n) is 2.70. The summed E-state index contributed by atoms with van der Waals surface area (Å²) in [4.78, 5) is 21.4. The standard InChI is InChI=1S/C16H15N5O/c1-9-17-12-8-11-14(19-15(12)21(9)2)18-13(20-16(11)22)10-6-4-3-5-7-10/h3-8,13H,1-2H3,(H,18,19)(H,20,22). The Hall–Kier alpha value is -2.89. The van der Waals surface area contributed by atoms with E-state index in [9.17, 15) is 4.79 Å². The number of amides is 1. The van der Waals surface area contributed by atoms with E-state index in [-0.39, 0.29) is 12.1 Å². The first-order valence-corrected chi connectivity index (χ1v) is 7.10. The van der Waals surface area contributed by atoms with Crippen molar-refractivity contribution in [2.75, 3.05) is 5.32 Å². The smallest absolute Gasteiger partial charge is 0.256 e. The molecule has 0 aliphatic carbocycles. The van der Waals surface area contributed by atoms with Crippen molar-refractivity contribution < 1.29 is 4.79 Å². The first kappa shape index (κ1) is 12.8. The minimum atomic E-state index is -0.277. The van der Waals surface area contributed by atoms with Crippen molar-refractivity contribution in [3.05, 3.63) is 53.3 Å². The van der Waals surface area contributed by atoms with Crippen LogP contribution in [0.15, 0.2) is 36.4 Å². The van der Waals surface area contributed by atoms with Crippen molar-refractivity contribution in [2.45, 2.75) is 13.1 Å². The number of imidazole rings is 1. The maximum atomic E-state index is 12.4. The largest absolute Gasteiger partial charge is 0.346 e. The molecule has 1 atom stereocenters. The topological polar surface area (TPSA) is 71.8 Å². The number of rotatable bonds is 1. The van der Waals surface area contributed by atoms with E-state index in [0.29, 0.717) is 11.4 Å². The van der Waals surface area contributed by atoms with Crippen LogP contribution in [0.25, 0.3) is 11.2 Å². The zero-order valence-electron chi connectivity index (χ0n) is 12.3. The van der Waals surface area contributed by atoms with E-state index in [1.165, 1.54) is 0 Å².